The first-order valence-corrected chi connectivity index (χ1v) is 5.35. The second kappa shape index (κ2) is 6.61. The van der Waals surface area contributed by atoms with Gasteiger partial charge in [-0.3, -0.25) is 4.79 Å². The molecule has 0 bridgehead atoms. The molecule has 3 N–H and O–H groups in total. The van der Waals surface area contributed by atoms with E-state index in [1.54, 1.807) is 12.1 Å². The molecule has 0 aliphatic carbocycles. The minimum absolute atomic E-state index is 0.299. The maximum atomic E-state index is 11.3. The number of rotatable bonds is 6. The van der Waals surface area contributed by atoms with Gasteiger partial charge < -0.3 is 20.3 Å². The lowest BCUT2D eigenvalue weighted by Crippen LogP contribution is -2.45. The average Bonchev–Trinajstić information content (AvgIpc) is 2.35. The van der Waals surface area contributed by atoms with Crippen LogP contribution in [0.2, 0.25) is 0 Å². The molecule has 6 heteroatoms. The summed E-state index contributed by atoms with van der Waals surface area (Å²) in [6.07, 6.45) is 0. The third-order valence-electron chi connectivity index (χ3n) is 2.21. The van der Waals surface area contributed by atoms with Crippen molar-refractivity contribution >= 4 is 11.9 Å². The summed E-state index contributed by atoms with van der Waals surface area (Å²) < 4.78 is 5.16. The number of aliphatic carboxylic acids is 1. The van der Waals surface area contributed by atoms with Crippen LogP contribution in [0, 0.1) is 6.92 Å². The minimum Gasteiger partial charge on any atom is -0.484 e. The SMILES string of the molecule is Cc1ccc(OCC(=O)N[C@@H](CO)C(=O)O)cc1. The summed E-state index contributed by atoms with van der Waals surface area (Å²) in [4.78, 5) is 21.9. The van der Waals surface area contributed by atoms with Gasteiger partial charge in [-0.05, 0) is 19.1 Å². The van der Waals surface area contributed by atoms with E-state index in [1.165, 1.54) is 0 Å². The van der Waals surface area contributed by atoms with Gasteiger partial charge in [-0.1, -0.05) is 17.7 Å². The fraction of sp³-hybridized carbons (Fsp3) is 0.333. The number of nitrogens with one attached hydrogen (secondary N) is 1. The fourth-order valence-corrected chi connectivity index (χ4v) is 1.20. The fourth-order valence-electron chi connectivity index (χ4n) is 1.20. The molecule has 6 nitrogen and oxygen atoms in total. The first kappa shape index (κ1) is 14.0. The van der Waals surface area contributed by atoms with Gasteiger partial charge >= 0.3 is 5.97 Å². The van der Waals surface area contributed by atoms with Gasteiger partial charge in [0.2, 0.25) is 0 Å². The molecule has 0 saturated heterocycles. The highest BCUT2D eigenvalue weighted by Gasteiger charge is 2.18. The molecule has 0 unspecified atom stereocenters. The van der Waals surface area contributed by atoms with Crippen molar-refractivity contribution < 1.29 is 24.5 Å². The summed E-state index contributed by atoms with van der Waals surface area (Å²) in [5.41, 5.74) is 1.07. The Morgan fingerprint density at radius 1 is 1.33 bits per heavy atom. The molecule has 0 aromatic heterocycles. The van der Waals surface area contributed by atoms with E-state index < -0.39 is 24.5 Å². The molecular weight excluding hydrogens is 238 g/mol. The first-order chi connectivity index (χ1) is 8.52. The van der Waals surface area contributed by atoms with E-state index in [0.29, 0.717) is 5.75 Å². The largest absolute Gasteiger partial charge is 0.484 e. The second-order valence-electron chi connectivity index (χ2n) is 3.74. The molecule has 1 aromatic rings. The third-order valence-corrected chi connectivity index (χ3v) is 2.21. The Morgan fingerprint density at radius 2 is 1.94 bits per heavy atom. The van der Waals surface area contributed by atoms with Gasteiger partial charge in [0.15, 0.2) is 6.61 Å². The molecule has 18 heavy (non-hydrogen) atoms. The van der Waals surface area contributed by atoms with E-state index in [9.17, 15) is 9.59 Å². The van der Waals surface area contributed by atoms with Crippen LogP contribution in [0.25, 0.3) is 0 Å². The van der Waals surface area contributed by atoms with Crippen LogP contribution in [0.4, 0.5) is 0 Å². The summed E-state index contributed by atoms with van der Waals surface area (Å²) in [7, 11) is 0. The van der Waals surface area contributed by atoms with Crippen molar-refractivity contribution in [2.24, 2.45) is 0 Å². The van der Waals surface area contributed by atoms with Gasteiger partial charge in [0, 0.05) is 0 Å². The lowest BCUT2D eigenvalue weighted by Gasteiger charge is -2.12. The Kier molecular flexibility index (Phi) is 5.13. The number of aliphatic hydroxyl groups excluding tert-OH is 1. The standard InChI is InChI=1S/C12H15NO5/c1-8-2-4-9(5-3-8)18-7-11(15)13-10(6-14)12(16)17/h2-5,10,14H,6-7H2,1H3,(H,13,15)(H,16,17)/t10-/m0/s1. The molecule has 1 amide bonds. The molecule has 0 fully saturated rings. The van der Waals surface area contributed by atoms with Crippen LogP contribution in [-0.4, -0.2) is 41.3 Å². The lowest BCUT2D eigenvalue weighted by atomic mass is 10.2. The van der Waals surface area contributed by atoms with Crippen LogP contribution < -0.4 is 10.1 Å². The molecular formula is C12H15NO5. The smallest absolute Gasteiger partial charge is 0.328 e. The number of hydrogen-bond acceptors (Lipinski definition) is 4. The lowest BCUT2D eigenvalue weighted by molar-refractivity contribution is -0.143. The van der Waals surface area contributed by atoms with Crippen LogP contribution in [0.5, 0.6) is 5.75 Å². The monoisotopic (exact) mass is 253 g/mol. The highest BCUT2D eigenvalue weighted by molar-refractivity contribution is 5.84. The number of carboxylic acids is 1. The van der Waals surface area contributed by atoms with Gasteiger partial charge in [-0.15, -0.1) is 0 Å². The van der Waals surface area contributed by atoms with Crippen LogP contribution in [-0.2, 0) is 9.59 Å². The molecule has 0 aliphatic rings. The van der Waals surface area contributed by atoms with Gasteiger partial charge in [0.05, 0.1) is 6.61 Å². The van der Waals surface area contributed by atoms with Crippen molar-refractivity contribution in [3.8, 4) is 5.75 Å². The van der Waals surface area contributed by atoms with Gasteiger partial charge in [0.1, 0.15) is 11.8 Å². The zero-order valence-electron chi connectivity index (χ0n) is 9.92. The Bertz CT molecular complexity index is 415. The molecule has 1 aromatic carbocycles. The van der Waals surface area contributed by atoms with Gasteiger partial charge in [-0.25, -0.2) is 4.79 Å². The molecule has 0 aliphatic heterocycles. The maximum Gasteiger partial charge on any atom is 0.328 e. The van der Waals surface area contributed by atoms with Gasteiger partial charge in [0.25, 0.3) is 5.91 Å². The van der Waals surface area contributed by atoms with E-state index in [0.717, 1.165) is 5.56 Å². The average molecular weight is 253 g/mol. The van der Waals surface area contributed by atoms with Gasteiger partial charge in [-0.2, -0.15) is 0 Å². The van der Waals surface area contributed by atoms with Crippen molar-refractivity contribution in [2.75, 3.05) is 13.2 Å². The predicted molar refractivity (Wildman–Crippen MR) is 63.3 cm³/mol. The van der Waals surface area contributed by atoms with E-state index in [1.807, 2.05) is 19.1 Å². The van der Waals surface area contributed by atoms with Crippen molar-refractivity contribution in [2.45, 2.75) is 13.0 Å². The topological polar surface area (TPSA) is 95.9 Å². The maximum absolute atomic E-state index is 11.3. The van der Waals surface area contributed by atoms with Crippen LogP contribution in [0.1, 0.15) is 5.56 Å². The summed E-state index contributed by atoms with van der Waals surface area (Å²) >= 11 is 0. The number of carboxylic acid groups (broad SMARTS) is 1. The summed E-state index contributed by atoms with van der Waals surface area (Å²) in [5, 5.41) is 19.5. The van der Waals surface area contributed by atoms with E-state index >= 15 is 0 Å². The number of carbonyl (C=O) groups excluding carboxylic acids is 1. The van der Waals surface area contributed by atoms with E-state index in [4.69, 9.17) is 14.9 Å². The third kappa shape index (κ3) is 4.42. The Hall–Kier alpha value is -2.08. The molecule has 0 saturated carbocycles. The Morgan fingerprint density at radius 3 is 2.44 bits per heavy atom. The molecule has 0 heterocycles. The highest BCUT2D eigenvalue weighted by atomic mass is 16.5. The number of ether oxygens (including phenoxy) is 1. The van der Waals surface area contributed by atoms with Crippen LogP contribution >= 0.6 is 0 Å². The second-order valence-corrected chi connectivity index (χ2v) is 3.74. The molecule has 0 radical (unpaired) electrons. The zero-order valence-corrected chi connectivity index (χ0v) is 9.92. The quantitative estimate of drug-likeness (QED) is 0.660. The number of carbonyl (C=O) groups is 2. The van der Waals surface area contributed by atoms with Crippen molar-refractivity contribution in [3.63, 3.8) is 0 Å². The minimum atomic E-state index is -1.31. The Balaban J connectivity index is 2.41. The number of aryl methyl sites for hydroxylation is 1. The summed E-state index contributed by atoms with van der Waals surface area (Å²) in [6.45, 7) is 0.966. The van der Waals surface area contributed by atoms with Crippen molar-refractivity contribution in [1.82, 2.24) is 5.32 Å². The number of hydrogen-bond donors (Lipinski definition) is 3. The van der Waals surface area contributed by atoms with Crippen molar-refractivity contribution in [1.29, 1.82) is 0 Å². The van der Waals surface area contributed by atoms with E-state index in [-0.39, 0.29) is 6.61 Å². The molecule has 1 rings (SSSR count). The molecule has 0 spiro atoms. The van der Waals surface area contributed by atoms with Crippen LogP contribution in [0.15, 0.2) is 24.3 Å². The van der Waals surface area contributed by atoms with Crippen molar-refractivity contribution in [3.05, 3.63) is 29.8 Å². The molecule has 1 atom stereocenters. The number of amides is 1. The number of benzene rings is 1. The zero-order chi connectivity index (χ0) is 13.5. The normalized spacial score (nSPS) is 11.7. The first-order valence-electron chi connectivity index (χ1n) is 5.35. The summed E-state index contributed by atoms with van der Waals surface area (Å²) in [5.74, 6) is -1.37. The number of aliphatic hydroxyl groups is 1. The Labute approximate surface area is 104 Å². The highest BCUT2D eigenvalue weighted by Crippen LogP contribution is 2.10. The van der Waals surface area contributed by atoms with Crippen LogP contribution in [0.3, 0.4) is 0 Å². The predicted octanol–water partition coefficient (Wildman–Crippen LogP) is -0.0645. The summed E-state index contributed by atoms with van der Waals surface area (Å²) in [6, 6.07) is 5.79. The van der Waals surface area contributed by atoms with E-state index in [2.05, 4.69) is 5.32 Å². The molecule has 98 valence electrons.